The van der Waals surface area contributed by atoms with Gasteiger partial charge in [0.1, 0.15) is 5.52 Å². The number of aromatic nitrogens is 3. The third kappa shape index (κ3) is 3.01. The molecule has 6 heteroatoms. The van der Waals surface area contributed by atoms with Gasteiger partial charge in [-0.15, -0.1) is 0 Å². The molecule has 0 radical (unpaired) electrons. The molecule has 0 saturated carbocycles. The number of rotatable bonds is 3. The van der Waals surface area contributed by atoms with E-state index in [0.717, 1.165) is 34.5 Å². The summed E-state index contributed by atoms with van der Waals surface area (Å²) in [5, 5.41) is 0. The van der Waals surface area contributed by atoms with Crippen molar-refractivity contribution in [1.29, 1.82) is 0 Å². The summed E-state index contributed by atoms with van der Waals surface area (Å²) in [6, 6.07) is 13.6. The fourth-order valence-electron chi connectivity index (χ4n) is 4.05. The van der Waals surface area contributed by atoms with Gasteiger partial charge in [-0.1, -0.05) is 6.07 Å². The lowest BCUT2D eigenvalue weighted by atomic mass is 10.1. The Balaban J connectivity index is 1.48. The molecule has 4 heterocycles. The Morgan fingerprint density at radius 2 is 2.03 bits per heavy atom. The molecule has 1 aliphatic rings. The van der Waals surface area contributed by atoms with Crippen LogP contribution >= 0.6 is 0 Å². The highest BCUT2D eigenvalue weighted by Gasteiger charge is 2.31. The maximum atomic E-state index is 13.1. The van der Waals surface area contributed by atoms with Gasteiger partial charge >= 0.3 is 0 Å². The SMILES string of the molecule is Cc1ccc(C(=O)N2CCC(n3c(-c4ccco4)nc4cccnc43)C2)cc1C. The van der Waals surface area contributed by atoms with E-state index < -0.39 is 0 Å². The number of benzene rings is 1. The monoisotopic (exact) mass is 386 g/mol. The van der Waals surface area contributed by atoms with E-state index in [0.29, 0.717) is 18.8 Å². The number of hydrogen-bond acceptors (Lipinski definition) is 4. The van der Waals surface area contributed by atoms with Gasteiger partial charge in [0, 0.05) is 24.8 Å². The summed E-state index contributed by atoms with van der Waals surface area (Å²) in [5.74, 6) is 1.55. The van der Waals surface area contributed by atoms with Crippen molar-refractivity contribution >= 4 is 17.1 Å². The molecule has 4 aromatic rings. The fraction of sp³-hybridized carbons (Fsp3) is 0.261. The second kappa shape index (κ2) is 6.88. The lowest BCUT2D eigenvalue weighted by Crippen LogP contribution is -2.29. The molecule has 0 aliphatic carbocycles. The van der Waals surface area contributed by atoms with E-state index >= 15 is 0 Å². The van der Waals surface area contributed by atoms with Crippen LogP contribution in [0.4, 0.5) is 0 Å². The molecule has 6 nitrogen and oxygen atoms in total. The zero-order valence-electron chi connectivity index (χ0n) is 16.5. The molecule has 1 unspecified atom stereocenters. The summed E-state index contributed by atoms with van der Waals surface area (Å²) in [6.45, 7) is 5.43. The Kier molecular flexibility index (Phi) is 4.19. The van der Waals surface area contributed by atoms with Crippen LogP contribution in [0.3, 0.4) is 0 Å². The molecule has 1 atom stereocenters. The molecule has 0 spiro atoms. The number of carbonyl (C=O) groups is 1. The Morgan fingerprint density at radius 1 is 1.14 bits per heavy atom. The number of amides is 1. The topological polar surface area (TPSA) is 64.2 Å². The minimum Gasteiger partial charge on any atom is -0.461 e. The molecule has 146 valence electrons. The van der Waals surface area contributed by atoms with Crippen LogP contribution in [0.5, 0.6) is 0 Å². The number of fused-ring (bicyclic) bond motifs is 1. The van der Waals surface area contributed by atoms with Crippen molar-refractivity contribution in [1.82, 2.24) is 19.4 Å². The smallest absolute Gasteiger partial charge is 0.253 e. The van der Waals surface area contributed by atoms with E-state index in [1.165, 1.54) is 5.56 Å². The molecule has 1 saturated heterocycles. The van der Waals surface area contributed by atoms with Crippen LogP contribution in [0.15, 0.2) is 59.3 Å². The summed E-state index contributed by atoms with van der Waals surface area (Å²) in [7, 11) is 0. The molecule has 0 N–H and O–H groups in total. The molecular formula is C23H22N4O2. The van der Waals surface area contributed by atoms with E-state index in [1.807, 2.05) is 54.3 Å². The van der Waals surface area contributed by atoms with Crippen LogP contribution in [0.25, 0.3) is 22.7 Å². The lowest BCUT2D eigenvalue weighted by Gasteiger charge is -2.19. The molecule has 3 aromatic heterocycles. The maximum absolute atomic E-state index is 13.1. The average molecular weight is 386 g/mol. The standard InChI is InChI=1S/C23H22N4O2/c1-15-7-8-17(13-16(15)2)23(28)26-11-9-18(14-26)27-21-19(5-3-10-24-21)25-22(27)20-6-4-12-29-20/h3-8,10,12-13,18H,9,11,14H2,1-2H3. The van der Waals surface area contributed by atoms with Crippen molar-refractivity contribution in [2.75, 3.05) is 13.1 Å². The van der Waals surface area contributed by atoms with Crippen LogP contribution < -0.4 is 0 Å². The predicted molar refractivity (Wildman–Crippen MR) is 111 cm³/mol. The Hall–Kier alpha value is -3.41. The van der Waals surface area contributed by atoms with Gasteiger partial charge in [0.05, 0.1) is 12.3 Å². The van der Waals surface area contributed by atoms with Crippen LogP contribution in [0.2, 0.25) is 0 Å². The van der Waals surface area contributed by atoms with Crippen molar-refractivity contribution in [3.63, 3.8) is 0 Å². The number of hydrogen-bond donors (Lipinski definition) is 0. The van der Waals surface area contributed by atoms with Gasteiger partial charge in [-0.3, -0.25) is 4.79 Å². The van der Waals surface area contributed by atoms with Crippen molar-refractivity contribution in [3.05, 3.63) is 71.6 Å². The van der Waals surface area contributed by atoms with Crippen LogP contribution in [0.1, 0.15) is 33.9 Å². The first kappa shape index (κ1) is 17.7. The van der Waals surface area contributed by atoms with Crippen LogP contribution in [0, 0.1) is 13.8 Å². The van der Waals surface area contributed by atoms with E-state index in [1.54, 1.807) is 12.5 Å². The van der Waals surface area contributed by atoms with E-state index in [9.17, 15) is 4.79 Å². The highest BCUT2D eigenvalue weighted by molar-refractivity contribution is 5.94. The van der Waals surface area contributed by atoms with E-state index in [4.69, 9.17) is 9.40 Å². The van der Waals surface area contributed by atoms with Gasteiger partial charge in [0.2, 0.25) is 0 Å². The summed E-state index contributed by atoms with van der Waals surface area (Å²) in [6.07, 6.45) is 4.28. The van der Waals surface area contributed by atoms with Crippen molar-refractivity contribution in [2.45, 2.75) is 26.3 Å². The highest BCUT2D eigenvalue weighted by atomic mass is 16.3. The normalized spacial score (nSPS) is 16.6. The number of nitrogens with zero attached hydrogens (tertiary/aromatic N) is 4. The Morgan fingerprint density at radius 3 is 2.83 bits per heavy atom. The van der Waals surface area contributed by atoms with Gasteiger partial charge < -0.3 is 13.9 Å². The lowest BCUT2D eigenvalue weighted by molar-refractivity contribution is 0.0788. The van der Waals surface area contributed by atoms with Gasteiger partial charge in [0.15, 0.2) is 17.2 Å². The third-order valence-electron chi connectivity index (χ3n) is 5.76. The zero-order chi connectivity index (χ0) is 20.0. The molecule has 0 bridgehead atoms. The van der Waals surface area contributed by atoms with Crippen molar-refractivity contribution < 1.29 is 9.21 Å². The largest absolute Gasteiger partial charge is 0.461 e. The van der Waals surface area contributed by atoms with E-state index in [-0.39, 0.29) is 11.9 Å². The van der Waals surface area contributed by atoms with Gasteiger partial charge in [0.25, 0.3) is 5.91 Å². The molecule has 1 amide bonds. The van der Waals surface area contributed by atoms with Crippen molar-refractivity contribution in [3.8, 4) is 11.6 Å². The number of likely N-dealkylation sites (tertiary alicyclic amines) is 1. The molecule has 5 rings (SSSR count). The van der Waals surface area contributed by atoms with Gasteiger partial charge in [-0.05, 0) is 67.8 Å². The summed E-state index contributed by atoms with van der Waals surface area (Å²) < 4.78 is 7.75. The first-order chi connectivity index (χ1) is 14.1. The second-order valence-electron chi connectivity index (χ2n) is 7.62. The maximum Gasteiger partial charge on any atom is 0.253 e. The average Bonchev–Trinajstić information content (AvgIpc) is 3.47. The van der Waals surface area contributed by atoms with Crippen LogP contribution in [-0.2, 0) is 0 Å². The summed E-state index contributed by atoms with van der Waals surface area (Å²) >= 11 is 0. The van der Waals surface area contributed by atoms with Crippen molar-refractivity contribution in [2.24, 2.45) is 0 Å². The first-order valence-electron chi connectivity index (χ1n) is 9.85. The number of carbonyl (C=O) groups excluding carboxylic acids is 1. The summed E-state index contributed by atoms with van der Waals surface area (Å²) in [4.78, 5) is 24.3. The molecule has 29 heavy (non-hydrogen) atoms. The molecule has 1 aliphatic heterocycles. The van der Waals surface area contributed by atoms with Crippen LogP contribution in [-0.4, -0.2) is 38.4 Å². The summed E-state index contributed by atoms with van der Waals surface area (Å²) in [5.41, 5.74) is 4.73. The fourth-order valence-corrected chi connectivity index (χ4v) is 4.05. The number of imidazole rings is 1. The molecule has 1 aromatic carbocycles. The Labute approximate surface area is 168 Å². The molecule has 1 fully saturated rings. The van der Waals surface area contributed by atoms with E-state index in [2.05, 4.69) is 16.5 Å². The predicted octanol–water partition coefficient (Wildman–Crippen LogP) is 4.40. The number of furan rings is 1. The first-order valence-corrected chi connectivity index (χ1v) is 9.85. The third-order valence-corrected chi connectivity index (χ3v) is 5.76. The second-order valence-corrected chi connectivity index (χ2v) is 7.62. The zero-order valence-corrected chi connectivity index (χ0v) is 16.5. The minimum atomic E-state index is 0.0764. The number of aryl methyl sites for hydroxylation is 2. The highest BCUT2D eigenvalue weighted by Crippen LogP contribution is 2.32. The molecular weight excluding hydrogens is 364 g/mol. The van der Waals surface area contributed by atoms with Gasteiger partial charge in [-0.25, -0.2) is 9.97 Å². The van der Waals surface area contributed by atoms with Gasteiger partial charge in [-0.2, -0.15) is 0 Å². The quantitative estimate of drug-likeness (QED) is 0.524. The Bertz CT molecular complexity index is 1190. The minimum absolute atomic E-state index is 0.0764. The number of pyridine rings is 1.